The number of nitrogens with zero attached hydrogens (tertiary/aromatic N) is 1. The number of benzene rings is 1. The number of morpholine rings is 1. The molecule has 2 nitrogen and oxygen atoms in total. The highest BCUT2D eigenvalue weighted by molar-refractivity contribution is 5.69. The lowest BCUT2D eigenvalue weighted by molar-refractivity contribution is -0.0222. The van der Waals surface area contributed by atoms with Gasteiger partial charge in [0.25, 0.3) is 0 Å². The second kappa shape index (κ2) is 4.86. The highest BCUT2D eigenvalue weighted by Crippen LogP contribution is 2.35. The van der Waals surface area contributed by atoms with E-state index in [0.29, 0.717) is 25.2 Å². The molecule has 2 atom stereocenters. The van der Waals surface area contributed by atoms with E-state index in [-0.39, 0.29) is 18.2 Å². The van der Waals surface area contributed by atoms with Gasteiger partial charge >= 0.3 is 0 Å². The van der Waals surface area contributed by atoms with Gasteiger partial charge in [-0.25, -0.2) is 17.6 Å². The topological polar surface area (TPSA) is 12.5 Å². The van der Waals surface area contributed by atoms with Crippen LogP contribution in [0.25, 0.3) is 5.57 Å². The van der Waals surface area contributed by atoms with Gasteiger partial charge in [-0.15, -0.1) is 0 Å². The molecule has 2 heterocycles. The van der Waals surface area contributed by atoms with Gasteiger partial charge in [-0.1, -0.05) is 6.08 Å². The minimum Gasteiger partial charge on any atom is -0.378 e. The Morgan fingerprint density at radius 2 is 1.75 bits per heavy atom. The van der Waals surface area contributed by atoms with Crippen molar-refractivity contribution < 1.29 is 22.3 Å². The molecular formula is C14H13F4NO. The summed E-state index contributed by atoms with van der Waals surface area (Å²) in [4.78, 5) is 2.04. The number of rotatable bonds is 1. The third kappa shape index (κ3) is 2.03. The average Bonchev–Trinajstić information content (AvgIpc) is 2.37. The van der Waals surface area contributed by atoms with Gasteiger partial charge in [-0.2, -0.15) is 0 Å². The number of hydrogen-bond donors (Lipinski definition) is 0. The van der Waals surface area contributed by atoms with Gasteiger partial charge in [0.1, 0.15) is 0 Å². The van der Waals surface area contributed by atoms with Gasteiger partial charge < -0.3 is 4.74 Å². The van der Waals surface area contributed by atoms with Gasteiger partial charge in [-0.05, 0) is 19.0 Å². The van der Waals surface area contributed by atoms with E-state index in [4.69, 9.17) is 4.74 Å². The molecule has 1 aromatic rings. The van der Waals surface area contributed by atoms with Crippen LogP contribution in [0.4, 0.5) is 17.6 Å². The van der Waals surface area contributed by atoms with Crippen LogP contribution >= 0.6 is 0 Å². The number of hydrogen-bond acceptors (Lipinski definition) is 2. The maximum Gasteiger partial charge on any atom is 0.169 e. The molecule has 1 saturated heterocycles. The summed E-state index contributed by atoms with van der Waals surface area (Å²) >= 11 is 0. The van der Waals surface area contributed by atoms with Gasteiger partial charge in [0, 0.05) is 12.1 Å². The minimum atomic E-state index is -1.37. The van der Waals surface area contributed by atoms with Gasteiger partial charge in [0.2, 0.25) is 0 Å². The molecule has 108 valence electrons. The third-order valence-electron chi connectivity index (χ3n) is 3.98. The fourth-order valence-electron chi connectivity index (χ4n) is 2.79. The Balaban J connectivity index is 2.10. The van der Waals surface area contributed by atoms with E-state index in [1.807, 2.05) is 11.9 Å². The monoisotopic (exact) mass is 287 g/mol. The lowest BCUT2D eigenvalue weighted by Gasteiger charge is -2.42. The summed E-state index contributed by atoms with van der Waals surface area (Å²) < 4.78 is 59.6. The van der Waals surface area contributed by atoms with Crippen LogP contribution in [0.2, 0.25) is 0 Å². The molecule has 0 radical (unpaired) electrons. The molecule has 0 aliphatic carbocycles. The van der Waals surface area contributed by atoms with E-state index in [2.05, 4.69) is 0 Å². The van der Waals surface area contributed by atoms with Crippen molar-refractivity contribution in [1.29, 1.82) is 0 Å². The Bertz CT molecular complexity index is 561. The summed E-state index contributed by atoms with van der Waals surface area (Å²) in [7, 11) is 1.89. The lowest BCUT2D eigenvalue weighted by atomic mass is 9.89. The standard InChI is InChI=1S/C14H13F4NO/c1-19-8-2-7(3-9(19)6-20-5-8)12-13(17)10(15)4-11(16)14(12)18/h2,4,8-9H,3,5-6H2,1H3. The quantitative estimate of drug-likeness (QED) is 0.582. The van der Waals surface area contributed by atoms with Gasteiger partial charge in [0.05, 0.1) is 24.8 Å². The Morgan fingerprint density at radius 1 is 1.10 bits per heavy atom. The van der Waals surface area contributed by atoms with E-state index >= 15 is 0 Å². The molecule has 0 aromatic heterocycles. The van der Waals surface area contributed by atoms with E-state index in [1.54, 1.807) is 6.08 Å². The second-order valence-electron chi connectivity index (χ2n) is 5.16. The van der Waals surface area contributed by atoms with E-state index < -0.39 is 28.8 Å². The van der Waals surface area contributed by atoms with Crippen LogP contribution in [0.1, 0.15) is 12.0 Å². The number of halogens is 4. The van der Waals surface area contributed by atoms with E-state index in [1.165, 1.54) is 0 Å². The molecule has 3 rings (SSSR count). The van der Waals surface area contributed by atoms with Crippen LogP contribution in [-0.4, -0.2) is 37.2 Å². The first-order valence-electron chi connectivity index (χ1n) is 6.32. The molecule has 0 amide bonds. The maximum absolute atomic E-state index is 13.8. The van der Waals surface area contributed by atoms with Crippen LogP contribution in [0.15, 0.2) is 12.1 Å². The van der Waals surface area contributed by atoms with Gasteiger partial charge in [-0.3, -0.25) is 4.90 Å². The number of likely N-dealkylation sites (N-methyl/N-ethyl adjacent to an activating group) is 1. The third-order valence-corrected chi connectivity index (χ3v) is 3.98. The normalized spacial score (nSPS) is 26.6. The van der Waals surface area contributed by atoms with Gasteiger partial charge in [0.15, 0.2) is 23.3 Å². The smallest absolute Gasteiger partial charge is 0.169 e. The molecule has 1 aromatic carbocycles. The molecule has 0 spiro atoms. The zero-order valence-electron chi connectivity index (χ0n) is 10.8. The minimum absolute atomic E-state index is 0.0427. The molecule has 20 heavy (non-hydrogen) atoms. The summed E-state index contributed by atoms with van der Waals surface area (Å²) in [6, 6.07) is 0.0506. The zero-order chi connectivity index (χ0) is 14.4. The van der Waals surface area contributed by atoms with Crippen molar-refractivity contribution in [1.82, 2.24) is 4.90 Å². The van der Waals surface area contributed by atoms with E-state index in [0.717, 1.165) is 0 Å². The summed E-state index contributed by atoms with van der Waals surface area (Å²) in [6.45, 7) is 0.836. The molecule has 1 fully saturated rings. The summed E-state index contributed by atoms with van der Waals surface area (Å²) in [5.74, 6) is -5.42. The van der Waals surface area contributed by atoms with Crippen molar-refractivity contribution >= 4 is 5.57 Å². The molecule has 2 unspecified atom stereocenters. The van der Waals surface area contributed by atoms with Crippen molar-refractivity contribution in [2.45, 2.75) is 18.5 Å². The van der Waals surface area contributed by atoms with Crippen LogP contribution in [0, 0.1) is 23.3 Å². The van der Waals surface area contributed by atoms with Crippen LogP contribution in [-0.2, 0) is 4.74 Å². The Morgan fingerprint density at radius 3 is 2.35 bits per heavy atom. The van der Waals surface area contributed by atoms with Crippen molar-refractivity contribution in [3.8, 4) is 0 Å². The molecule has 0 saturated carbocycles. The Kier molecular flexibility index (Phi) is 3.30. The SMILES string of the molecule is CN1C2C=C(c3c(F)c(F)cc(F)c3F)CC1COC2. The lowest BCUT2D eigenvalue weighted by Crippen LogP contribution is -2.51. The van der Waals surface area contributed by atoms with Crippen molar-refractivity contribution in [3.63, 3.8) is 0 Å². The molecular weight excluding hydrogens is 274 g/mol. The molecule has 2 aliphatic rings. The van der Waals surface area contributed by atoms with Crippen molar-refractivity contribution in [2.24, 2.45) is 0 Å². The molecule has 0 N–H and O–H groups in total. The average molecular weight is 287 g/mol. The van der Waals surface area contributed by atoms with Crippen LogP contribution in [0.3, 0.4) is 0 Å². The van der Waals surface area contributed by atoms with Crippen molar-refractivity contribution in [3.05, 3.63) is 41.0 Å². The zero-order valence-corrected chi connectivity index (χ0v) is 10.8. The summed E-state index contributed by atoms with van der Waals surface area (Å²) in [5.41, 5.74) is -0.290. The molecule has 6 heteroatoms. The largest absolute Gasteiger partial charge is 0.378 e. The first-order valence-corrected chi connectivity index (χ1v) is 6.32. The Hall–Kier alpha value is -1.40. The first kappa shape index (κ1) is 13.6. The van der Waals surface area contributed by atoms with Crippen molar-refractivity contribution in [2.75, 3.05) is 20.3 Å². The highest BCUT2D eigenvalue weighted by atomic mass is 19.2. The van der Waals surface area contributed by atoms with E-state index in [9.17, 15) is 17.6 Å². The fraction of sp³-hybridized carbons (Fsp3) is 0.429. The molecule has 2 aliphatic heterocycles. The summed E-state index contributed by atoms with van der Waals surface area (Å²) in [6.07, 6.45) is 1.92. The number of ether oxygens (including phenoxy) is 1. The Labute approximate surface area is 113 Å². The van der Waals surface area contributed by atoms with Crippen LogP contribution in [0.5, 0.6) is 0 Å². The van der Waals surface area contributed by atoms with Crippen LogP contribution < -0.4 is 0 Å². The summed E-state index contributed by atoms with van der Waals surface area (Å²) in [5, 5.41) is 0. The predicted octanol–water partition coefficient (Wildman–Crippen LogP) is 2.73. The maximum atomic E-state index is 13.8. The predicted molar refractivity (Wildman–Crippen MR) is 65.0 cm³/mol. The molecule has 2 bridgehead atoms. The fourth-order valence-corrected chi connectivity index (χ4v) is 2.79. The highest BCUT2D eigenvalue weighted by Gasteiger charge is 2.34. The first-order chi connectivity index (χ1) is 9.49. The number of fused-ring (bicyclic) bond motifs is 2. The second-order valence-corrected chi connectivity index (χ2v) is 5.16.